The number of likely N-dealkylation sites (tertiary alicyclic amines) is 1. The van der Waals surface area contributed by atoms with Crippen LogP contribution in [0.1, 0.15) is 23.7 Å². The molecule has 2 fully saturated rings. The van der Waals surface area contributed by atoms with Gasteiger partial charge in [0.1, 0.15) is 11.9 Å². The molecule has 2 atom stereocenters. The van der Waals surface area contributed by atoms with Crippen molar-refractivity contribution in [2.24, 2.45) is 0 Å². The molecule has 3 heterocycles. The van der Waals surface area contributed by atoms with Gasteiger partial charge in [0.05, 0.1) is 24.5 Å². The number of hydrogen-bond acceptors (Lipinski definition) is 4. The first-order valence-electron chi connectivity index (χ1n) is 6.30. The summed E-state index contributed by atoms with van der Waals surface area (Å²) >= 11 is 0. The molecule has 0 N–H and O–H groups in total. The van der Waals surface area contributed by atoms with Crippen LogP contribution in [0, 0.1) is 0 Å². The summed E-state index contributed by atoms with van der Waals surface area (Å²) in [6, 6.07) is 1.75. The monoisotopic (exact) mass is 248 g/mol. The van der Waals surface area contributed by atoms with Crippen LogP contribution in [0.25, 0.3) is 0 Å². The van der Waals surface area contributed by atoms with E-state index in [-0.39, 0.29) is 12.0 Å². The van der Waals surface area contributed by atoms with Crippen molar-refractivity contribution in [3.8, 4) is 5.75 Å². The molecule has 5 nitrogen and oxygen atoms in total. The summed E-state index contributed by atoms with van der Waals surface area (Å²) in [4.78, 5) is 18.2. The number of fused-ring (bicyclic) bond motifs is 1. The number of carbonyl (C=O) groups excluding carboxylic acids is 1. The van der Waals surface area contributed by atoms with E-state index in [0.717, 1.165) is 13.0 Å². The third kappa shape index (κ3) is 2.18. The van der Waals surface area contributed by atoms with Gasteiger partial charge in [0.15, 0.2) is 0 Å². The van der Waals surface area contributed by atoms with E-state index in [1.165, 1.54) is 0 Å². The average molecular weight is 248 g/mol. The maximum Gasteiger partial charge on any atom is 0.255 e. The Labute approximate surface area is 106 Å². The van der Waals surface area contributed by atoms with E-state index in [1.807, 2.05) is 11.8 Å². The minimum atomic E-state index is 0.0120. The fourth-order valence-corrected chi connectivity index (χ4v) is 2.33. The largest absolute Gasteiger partial charge is 0.492 e. The van der Waals surface area contributed by atoms with Gasteiger partial charge in [0, 0.05) is 19.3 Å². The van der Waals surface area contributed by atoms with Gasteiger partial charge >= 0.3 is 0 Å². The number of rotatable bonds is 3. The zero-order chi connectivity index (χ0) is 12.5. The highest BCUT2D eigenvalue weighted by Gasteiger charge is 2.44. The van der Waals surface area contributed by atoms with Crippen molar-refractivity contribution in [1.29, 1.82) is 0 Å². The smallest absolute Gasteiger partial charge is 0.255 e. The molecule has 1 amide bonds. The molecule has 0 bridgehead atoms. The number of hydrogen-bond donors (Lipinski definition) is 0. The lowest BCUT2D eigenvalue weighted by Crippen LogP contribution is -2.39. The molecule has 5 heteroatoms. The van der Waals surface area contributed by atoms with Gasteiger partial charge in [-0.05, 0) is 19.4 Å². The Balaban J connectivity index is 1.72. The molecule has 3 rings (SSSR count). The molecular formula is C13H16N2O3. The quantitative estimate of drug-likeness (QED) is 0.751. The first-order valence-corrected chi connectivity index (χ1v) is 6.30. The van der Waals surface area contributed by atoms with Gasteiger partial charge in [-0.15, -0.1) is 0 Å². The number of nitrogens with zero attached hydrogens (tertiary/aromatic N) is 2. The van der Waals surface area contributed by atoms with Crippen LogP contribution in [0.2, 0.25) is 0 Å². The van der Waals surface area contributed by atoms with Crippen LogP contribution in [0.4, 0.5) is 0 Å². The number of piperidine rings is 1. The number of aromatic nitrogens is 1. The van der Waals surface area contributed by atoms with Gasteiger partial charge in [-0.1, -0.05) is 0 Å². The summed E-state index contributed by atoms with van der Waals surface area (Å²) in [6.45, 7) is 3.94. The molecule has 18 heavy (non-hydrogen) atoms. The van der Waals surface area contributed by atoms with Crippen LogP contribution in [0.3, 0.4) is 0 Å². The fourth-order valence-electron chi connectivity index (χ4n) is 2.33. The molecule has 0 aliphatic carbocycles. The summed E-state index contributed by atoms with van der Waals surface area (Å²) in [5.41, 5.74) is 0.583. The Hall–Kier alpha value is -1.62. The third-order valence-electron chi connectivity index (χ3n) is 3.33. The molecule has 2 saturated heterocycles. The number of ether oxygens (including phenoxy) is 2. The van der Waals surface area contributed by atoms with Crippen molar-refractivity contribution in [1.82, 2.24) is 9.88 Å². The van der Waals surface area contributed by atoms with Crippen LogP contribution in [0.5, 0.6) is 5.75 Å². The molecule has 2 aliphatic rings. The van der Waals surface area contributed by atoms with E-state index in [4.69, 9.17) is 9.47 Å². The number of amides is 1. The number of pyridine rings is 1. The van der Waals surface area contributed by atoms with Crippen molar-refractivity contribution in [3.63, 3.8) is 0 Å². The molecule has 0 unspecified atom stereocenters. The summed E-state index contributed by atoms with van der Waals surface area (Å²) in [6.07, 6.45) is 4.79. The van der Waals surface area contributed by atoms with Gasteiger partial charge in [0.2, 0.25) is 0 Å². The van der Waals surface area contributed by atoms with E-state index in [1.54, 1.807) is 18.5 Å². The molecule has 1 aromatic heterocycles. The van der Waals surface area contributed by atoms with Crippen molar-refractivity contribution in [2.45, 2.75) is 25.6 Å². The van der Waals surface area contributed by atoms with E-state index < -0.39 is 0 Å². The van der Waals surface area contributed by atoms with Crippen molar-refractivity contribution in [3.05, 3.63) is 24.0 Å². The average Bonchev–Trinajstić information content (AvgIpc) is 3.17. The van der Waals surface area contributed by atoms with Crippen molar-refractivity contribution >= 4 is 5.91 Å². The summed E-state index contributed by atoms with van der Waals surface area (Å²) in [7, 11) is 0. The lowest BCUT2D eigenvalue weighted by atomic mass is 10.1. The summed E-state index contributed by atoms with van der Waals surface area (Å²) in [5.74, 6) is 0.652. The lowest BCUT2D eigenvalue weighted by molar-refractivity contribution is 0.0735. The predicted octanol–water partition coefficient (Wildman–Crippen LogP) is 1.09. The van der Waals surface area contributed by atoms with Crippen molar-refractivity contribution in [2.75, 3.05) is 19.7 Å². The standard InChI is InChI=1S/C13H16N2O3/c1-2-17-10-5-9(6-14-7-10)13(16)15-4-3-11-12(8-15)18-11/h5-7,11-12H,2-4,8H2,1H3/t11-,12+/m0/s1. The number of epoxide rings is 1. The molecule has 0 aromatic carbocycles. The highest BCUT2D eigenvalue weighted by Crippen LogP contribution is 2.31. The van der Waals surface area contributed by atoms with Crippen LogP contribution < -0.4 is 4.74 Å². The zero-order valence-corrected chi connectivity index (χ0v) is 10.3. The minimum Gasteiger partial charge on any atom is -0.492 e. The summed E-state index contributed by atoms with van der Waals surface area (Å²) in [5, 5.41) is 0. The number of carbonyl (C=O) groups is 1. The Morgan fingerprint density at radius 1 is 1.56 bits per heavy atom. The van der Waals surface area contributed by atoms with Gasteiger partial charge in [0.25, 0.3) is 5.91 Å². The molecule has 0 radical (unpaired) electrons. The molecule has 2 aliphatic heterocycles. The van der Waals surface area contributed by atoms with E-state index >= 15 is 0 Å². The van der Waals surface area contributed by atoms with E-state index in [9.17, 15) is 4.79 Å². The Morgan fingerprint density at radius 3 is 3.22 bits per heavy atom. The zero-order valence-electron chi connectivity index (χ0n) is 10.3. The van der Waals surface area contributed by atoms with Gasteiger partial charge in [-0.3, -0.25) is 9.78 Å². The first kappa shape index (κ1) is 11.5. The van der Waals surface area contributed by atoms with Crippen LogP contribution in [-0.2, 0) is 4.74 Å². The molecule has 1 aromatic rings. The Morgan fingerprint density at radius 2 is 2.44 bits per heavy atom. The third-order valence-corrected chi connectivity index (χ3v) is 3.33. The van der Waals surface area contributed by atoms with Crippen molar-refractivity contribution < 1.29 is 14.3 Å². The maximum atomic E-state index is 12.3. The summed E-state index contributed by atoms with van der Waals surface area (Å²) < 4.78 is 10.8. The molecule has 0 saturated carbocycles. The van der Waals surface area contributed by atoms with Gasteiger partial charge in [-0.25, -0.2) is 0 Å². The van der Waals surface area contributed by atoms with Crippen LogP contribution >= 0.6 is 0 Å². The SMILES string of the molecule is CCOc1cncc(C(=O)N2CC[C@@H]3O[C@@H]3C2)c1. The highest BCUT2D eigenvalue weighted by molar-refractivity contribution is 5.94. The van der Waals surface area contributed by atoms with Gasteiger partial charge < -0.3 is 14.4 Å². The van der Waals surface area contributed by atoms with E-state index in [0.29, 0.717) is 30.6 Å². The van der Waals surface area contributed by atoms with Crippen LogP contribution in [0.15, 0.2) is 18.5 Å². The predicted molar refractivity (Wildman–Crippen MR) is 64.6 cm³/mol. The molecule has 96 valence electrons. The second-order valence-electron chi connectivity index (χ2n) is 4.60. The molecular weight excluding hydrogens is 232 g/mol. The second-order valence-corrected chi connectivity index (χ2v) is 4.60. The van der Waals surface area contributed by atoms with E-state index in [2.05, 4.69) is 4.98 Å². The molecule has 0 spiro atoms. The maximum absolute atomic E-state index is 12.3. The second kappa shape index (κ2) is 4.57. The normalized spacial score (nSPS) is 25.5. The Kier molecular flexibility index (Phi) is 2.91. The minimum absolute atomic E-state index is 0.0120. The highest BCUT2D eigenvalue weighted by atomic mass is 16.6. The first-order chi connectivity index (χ1) is 8.78. The lowest BCUT2D eigenvalue weighted by Gasteiger charge is -2.24. The van der Waals surface area contributed by atoms with Gasteiger partial charge in [-0.2, -0.15) is 0 Å². The Bertz CT molecular complexity index is 463. The topological polar surface area (TPSA) is 55.0 Å². The fraction of sp³-hybridized carbons (Fsp3) is 0.538. The van der Waals surface area contributed by atoms with Crippen LogP contribution in [-0.4, -0.2) is 47.7 Å².